The van der Waals surface area contributed by atoms with Gasteiger partial charge in [0.15, 0.2) is 0 Å². The Labute approximate surface area is 109 Å². The number of fused-ring (bicyclic) bond motifs is 1. The Kier molecular flexibility index (Phi) is 3.42. The lowest BCUT2D eigenvalue weighted by molar-refractivity contribution is -0.134. The lowest BCUT2D eigenvalue weighted by atomic mass is 9.79. The average molecular weight is 248 g/mol. The van der Waals surface area contributed by atoms with Crippen molar-refractivity contribution < 1.29 is 4.79 Å². The maximum Gasteiger partial charge on any atom is 0.226 e. The van der Waals surface area contributed by atoms with Crippen molar-refractivity contribution in [3.63, 3.8) is 0 Å². The van der Waals surface area contributed by atoms with Crippen molar-refractivity contribution in [2.24, 2.45) is 23.5 Å². The van der Waals surface area contributed by atoms with Crippen LogP contribution in [-0.4, -0.2) is 29.9 Å². The summed E-state index contributed by atoms with van der Waals surface area (Å²) >= 11 is 0. The quantitative estimate of drug-likeness (QED) is 0.721. The number of nitrogens with two attached hydrogens (primary N) is 1. The van der Waals surface area contributed by atoms with Crippen molar-refractivity contribution in [3.8, 4) is 0 Å². The van der Waals surface area contributed by atoms with Crippen LogP contribution in [0.25, 0.3) is 0 Å². The van der Waals surface area contributed by atoms with Gasteiger partial charge in [-0.3, -0.25) is 4.79 Å². The van der Waals surface area contributed by atoms with Gasteiger partial charge in [-0.25, -0.2) is 0 Å². The fourth-order valence-corrected chi connectivity index (χ4v) is 3.92. The molecule has 4 atom stereocenters. The van der Waals surface area contributed by atoms with Crippen LogP contribution in [0.4, 0.5) is 0 Å². The Bertz CT molecular complexity index is 352. The van der Waals surface area contributed by atoms with E-state index in [1.807, 2.05) is 0 Å². The molecule has 0 aromatic rings. The molecular weight excluding hydrogens is 224 g/mol. The van der Waals surface area contributed by atoms with Crippen molar-refractivity contribution in [2.75, 3.05) is 13.1 Å². The SMILES string of the molecule is NC1CC[C@@H]2CN(C(=O)C3CC=CCC3)C[C@@H]2C1. The predicted molar refractivity (Wildman–Crippen MR) is 71.9 cm³/mol. The van der Waals surface area contributed by atoms with E-state index in [-0.39, 0.29) is 5.92 Å². The molecule has 2 aliphatic carbocycles. The van der Waals surface area contributed by atoms with E-state index in [4.69, 9.17) is 5.73 Å². The van der Waals surface area contributed by atoms with E-state index in [1.165, 1.54) is 6.42 Å². The minimum Gasteiger partial charge on any atom is -0.342 e. The summed E-state index contributed by atoms with van der Waals surface area (Å²) in [6.45, 7) is 1.97. The van der Waals surface area contributed by atoms with E-state index in [2.05, 4.69) is 17.1 Å². The van der Waals surface area contributed by atoms with E-state index >= 15 is 0 Å². The summed E-state index contributed by atoms with van der Waals surface area (Å²) in [6.07, 6.45) is 10.9. The Hall–Kier alpha value is -0.830. The summed E-state index contributed by atoms with van der Waals surface area (Å²) in [5.41, 5.74) is 6.04. The minimum absolute atomic E-state index is 0.254. The van der Waals surface area contributed by atoms with Gasteiger partial charge in [-0.1, -0.05) is 12.2 Å². The molecular formula is C15H24N2O. The molecule has 18 heavy (non-hydrogen) atoms. The van der Waals surface area contributed by atoms with Crippen LogP contribution < -0.4 is 5.73 Å². The number of carbonyl (C=O) groups is 1. The zero-order valence-electron chi connectivity index (χ0n) is 11.1. The first-order chi connectivity index (χ1) is 8.74. The highest BCUT2D eigenvalue weighted by molar-refractivity contribution is 5.79. The highest BCUT2D eigenvalue weighted by Crippen LogP contribution is 2.36. The maximum absolute atomic E-state index is 12.5. The molecule has 1 saturated heterocycles. The molecule has 0 spiro atoms. The minimum atomic E-state index is 0.254. The van der Waals surface area contributed by atoms with Crippen LogP contribution in [0.2, 0.25) is 0 Å². The number of amides is 1. The fraction of sp³-hybridized carbons (Fsp3) is 0.800. The first kappa shape index (κ1) is 12.2. The van der Waals surface area contributed by atoms with E-state index in [0.717, 1.165) is 51.1 Å². The molecule has 1 heterocycles. The van der Waals surface area contributed by atoms with E-state index in [1.54, 1.807) is 0 Å². The number of nitrogens with zero attached hydrogens (tertiary/aromatic N) is 1. The summed E-state index contributed by atoms with van der Waals surface area (Å²) in [7, 11) is 0. The molecule has 1 saturated carbocycles. The molecule has 3 heteroatoms. The largest absolute Gasteiger partial charge is 0.342 e. The molecule has 3 aliphatic rings. The zero-order valence-corrected chi connectivity index (χ0v) is 11.1. The molecule has 1 aliphatic heterocycles. The topological polar surface area (TPSA) is 46.3 Å². The van der Waals surface area contributed by atoms with Crippen LogP contribution >= 0.6 is 0 Å². The smallest absolute Gasteiger partial charge is 0.226 e. The van der Waals surface area contributed by atoms with Gasteiger partial charge < -0.3 is 10.6 Å². The maximum atomic E-state index is 12.5. The van der Waals surface area contributed by atoms with Gasteiger partial charge in [-0.2, -0.15) is 0 Å². The number of hydrogen-bond acceptors (Lipinski definition) is 2. The molecule has 2 N–H and O–H groups in total. The second kappa shape index (κ2) is 5.04. The van der Waals surface area contributed by atoms with Gasteiger partial charge >= 0.3 is 0 Å². The number of hydrogen-bond donors (Lipinski definition) is 1. The zero-order chi connectivity index (χ0) is 12.5. The Morgan fingerprint density at radius 3 is 2.72 bits per heavy atom. The van der Waals surface area contributed by atoms with Gasteiger partial charge in [-0.15, -0.1) is 0 Å². The third kappa shape index (κ3) is 2.33. The summed E-state index contributed by atoms with van der Waals surface area (Å²) in [5.74, 6) is 2.07. The highest BCUT2D eigenvalue weighted by Gasteiger charge is 2.39. The van der Waals surface area contributed by atoms with Crippen molar-refractivity contribution in [2.45, 2.75) is 44.6 Å². The first-order valence-electron chi connectivity index (χ1n) is 7.43. The molecule has 2 unspecified atom stereocenters. The summed E-state index contributed by atoms with van der Waals surface area (Å²) < 4.78 is 0. The van der Waals surface area contributed by atoms with Crippen LogP contribution in [0.1, 0.15) is 38.5 Å². The van der Waals surface area contributed by atoms with E-state index in [0.29, 0.717) is 17.9 Å². The highest BCUT2D eigenvalue weighted by atomic mass is 16.2. The van der Waals surface area contributed by atoms with Crippen LogP contribution in [0.3, 0.4) is 0 Å². The van der Waals surface area contributed by atoms with Gasteiger partial charge in [-0.05, 0) is 50.4 Å². The van der Waals surface area contributed by atoms with Gasteiger partial charge in [0.05, 0.1) is 0 Å². The Morgan fingerprint density at radius 1 is 1.11 bits per heavy atom. The summed E-state index contributed by atoms with van der Waals surface area (Å²) in [6, 6.07) is 0.374. The van der Waals surface area contributed by atoms with Gasteiger partial charge in [0, 0.05) is 25.0 Å². The lowest BCUT2D eigenvalue weighted by Crippen LogP contribution is -2.35. The van der Waals surface area contributed by atoms with Gasteiger partial charge in [0.1, 0.15) is 0 Å². The summed E-state index contributed by atoms with van der Waals surface area (Å²) in [4.78, 5) is 14.6. The van der Waals surface area contributed by atoms with Crippen molar-refractivity contribution in [1.82, 2.24) is 4.90 Å². The molecule has 3 nitrogen and oxygen atoms in total. The molecule has 100 valence electrons. The second-order valence-corrected chi connectivity index (χ2v) is 6.32. The standard InChI is InChI=1S/C15H24N2O/c16-14-7-6-12-9-17(10-13(12)8-14)15(18)11-4-2-1-3-5-11/h1-2,11-14H,3-10,16H2/t11?,12-,13+,14?/m1/s1. The van der Waals surface area contributed by atoms with Crippen molar-refractivity contribution >= 4 is 5.91 Å². The first-order valence-corrected chi connectivity index (χ1v) is 7.43. The second-order valence-electron chi connectivity index (χ2n) is 6.32. The van der Waals surface area contributed by atoms with E-state index in [9.17, 15) is 4.79 Å². The number of likely N-dealkylation sites (tertiary alicyclic amines) is 1. The van der Waals surface area contributed by atoms with E-state index < -0.39 is 0 Å². The normalized spacial score (nSPS) is 39.7. The lowest BCUT2D eigenvalue weighted by Gasteiger charge is -2.27. The molecule has 0 bridgehead atoms. The Morgan fingerprint density at radius 2 is 1.94 bits per heavy atom. The third-order valence-corrected chi connectivity index (χ3v) is 5.02. The Balaban J connectivity index is 1.61. The molecule has 0 aromatic carbocycles. The molecule has 0 radical (unpaired) electrons. The monoisotopic (exact) mass is 248 g/mol. The van der Waals surface area contributed by atoms with Crippen LogP contribution in [-0.2, 0) is 4.79 Å². The number of allylic oxidation sites excluding steroid dienone is 2. The van der Waals surface area contributed by atoms with Gasteiger partial charge in [0.2, 0.25) is 5.91 Å². The average Bonchev–Trinajstić information content (AvgIpc) is 2.81. The molecule has 0 aromatic heterocycles. The summed E-state index contributed by atoms with van der Waals surface area (Å²) in [5, 5.41) is 0. The van der Waals surface area contributed by atoms with Crippen molar-refractivity contribution in [1.29, 1.82) is 0 Å². The van der Waals surface area contributed by atoms with Crippen LogP contribution in [0.15, 0.2) is 12.2 Å². The van der Waals surface area contributed by atoms with Crippen LogP contribution in [0, 0.1) is 17.8 Å². The fourth-order valence-electron chi connectivity index (χ4n) is 3.92. The molecule has 1 amide bonds. The number of carbonyl (C=O) groups excluding carboxylic acids is 1. The number of rotatable bonds is 1. The molecule has 3 rings (SSSR count). The van der Waals surface area contributed by atoms with Crippen LogP contribution in [0.5, 0.6) is 0 Å². The third-order valence-electron chi connectivity index (χ3n) is 5.02. The van der Waals surface area contributed by atoms with Crippen molar-refractivity contribution in [3.05, 3.63) is 12.2 Å². The van der Waals surface area contributed by atoms with Gasteiger partial charge in [0.25, 0.3) is 0 Å². The predicted octanol–water partition coefficient (Wildman–Crippen LogP) is 1.93. The molecule has 2 fully saturated rings.